The van der Waals surface area contributed by atoms with Crippen molar-refractivity contribution in [3.05, 3.63) is 36.0 Å². The summed E-state index contributed by atoms with van der Waals surface area (Å²) in [6.07, 6.45) is 4.30. The van der Waals surface area contributed by atoms with E-state index in [4.69, 9.17) is 0 Å². The largest absolute Gasteiger partial charge is 0.505 e. The van der Waals surface area contributed by atoms with Gasteiger partial charge in [-0.05, 0) is 24.8 Å². The number of nitrogens with one attached hydrogen (secondary N) is 1. The second-order valence-corrected chi connectivity index (χ2v) is 6.20. The maximum atomic E-state index is 12.4. The van der Waals surface area contributed by atoms with Crippen LogP contribution in [0.15, 0.2) is 30.5 Å². The van der Waals surface area contributed by atoms with Crippen LogP contribution in [0.4, 0.5) is 0 Å². The van der Waals surface area contributed by atoms with Crippen LogP contribution in [0.3, 0.4) is 0 Å². The van der Waals surface area contributed by atoms with Crippen molar-refractivity contribution in [1.29, 1.82) is 0 Å². The summed E-state index contributed by atoms with van der Waals surface area (Å²) < 4.78 is 0. The lowest BCUT2D eigenvalue weighted by Gasteiger charge is -2.15. The number of hydrogen-bond acceptors (Lipinski definition) is 4. The summed E-state index contributed by atoms with van der Waals surface area (Å²) in [5.41, 5.74) is 0.800. The summed E-state index contributed by atoms with van der Waals surface area (Å²) in [4.78, 5) is 28.8. The van der Waals surface area contributed by atoms with Crippen molar-refractivity contribution >= 4 is 22.6 Å². The predicted octanol–water partition coefficient (Wildman–Crippen LogP) is 2.68. The van der Waals surface area contributed by atoms with Crippen molar-refractivity contribution in [1.82, 2.24) is 10.3 Å². The number of rotatable bonds is 4. The molecule has 0 bridgehead atoms. The number of aromatic nitrogens is 1. The van der Waals surface area contributed by atoms with Gasteiger partial charge in [0.1, 0.15) is 5.75 Å². The number of hydrogen-bond donors (Lipinski definition) is 2. The Kier molecular flexibility index (Phi) is 4.28. The molecule has 1 unspecified atom stereocenters. The molecule has 0 saturated heterocycles. The third-order valence-corrected chi connectivity index (χ3v) is 4.68. The summed E-state index contributed by atoms with van der Waals surface area (Å²) >= 11 is 0. The third kappa shape index (κ3) is 3.04. The lowest BCUT2D eigenvalue weighted by molar-refractivity contribution is -0.122. The quantitative estimate of drug-likeness (QED) is 0.909. The second-order valence-electron chi connectivity index (χ2n) is 6.20. The maximum Gasteiger partial charge on any atom is 0.256 e. The van der Waals surface area contributed by atoms with Crippen LogP contribution in [0.5, 0.6) is 5.75 Å². The molecule has 2 N–H and O–H groups in total. The standard InChI is InChI=1S/C18H20N2O3/c1-11-5-4-7-12(11)15(21)9-20-18(23)17-13-6-2-3-8-14(13)19-10-16(17)22/h2-3,6,8,10-12,22H,4-5,7,9H2,1H3,(H,20,23)/t11-,12?/m1/s1. The topological polar surface area (TPSA) is 79.3 Å². The highest BCUT2D eigenvalue weighted by molar-refractivity contribution is 6.09. The Balaban J connectivity index is 1.76. The molecule has 1 amide bonds. The Bertz CT molecular complexity index is 757. The van der Waals surface area contributed by atoms with Gasteiger partial charge in [-0.15, -0.1) is 0 Å². The Morgan fingerprint density at radius 2 is 2.09 bits per heavy atom. The molecule has 23 heavy (non-hydrogen) atoms. The molecule has 3 rings (SSSR count). The number of amides is 1. The fourth-order valence-corrected chi connectivity index (χ4v) is 3.38. The molecule has 0 radical (unpaired) electrons. The first-order valence-corrected chi connectivity index (χ1v) is 7.95. The van der Waals surface area contributed by atoms with Gasteiger partial charge in [-0.1, -0.05) is 31.5 Å². The highest BCUT2D eigenvalue weighted by atomic mass is 16.3. The Labute approximate surface area is 134 Å². The molecule has 0 aliphatic heterocycles. The van der Waals surface area contributed by atoms with Gasteiger partial charge < -0.3 is 10.4 Å². The fourth-order valence-electron chi connectivity index (χ4n) is 3.38. The zero-order valence-electron chi connectivity index (χ0n) is 13.1. The van der Waals surface area contributed by atoms with Crippen molar-refractivity contribution in [2.75, 3.05) is 6.54 Å². The lowest BCUT2D eigenvalue weighted by atomic mass is 9.93. The fraction of sp³-hybridized carbons (Fsp3) is 0.389. The van der Waals surface area contributed by atoms with Gasteiger partial charge in [-0.25, -0.2) is 0 Å². The molecule has 2 atom stereocenters. The number of fused-ring (bicyclic) bond motifs is 1. The van der Waals surface area contributed by atoms with Gasteiger partial charge in [-0.3, -0.25) is 14.6 Å². The van der Waals surface area contributed by atoms with E-state index in [2.05, 4.69) is 17.2 Å². The number of ketones is 1. The number of carbonyl (C=O) groups excluding carboxylic acids is 2. The number of para-hydroxylation sites is 1. The Hall–Kier alpha value is -2.43. The highest BCUT2D eigenvalue weighted by Gasteiger charge is 2.29. The average Bonchev–Trinajstić information content (AvgIpc) is 2.98. The van der Waals surface area contributed by atoms with Gasteiger partial charge in [0.25, 0.3) is 5.91 Å². The highest BCUT2D eigenvalue weighted by Crippen LogP contribution is 2.31. The number of aromatic hydroxyl groups is 1. The first kappa shape index (κ1) is 15.5. The van der Waals surface area contributed by atoms with Crippen LogP contribution in [0.1, 0.15) is 36.5 Å². The van der Waals surface area contributed by atoms with E-state index >= 15 is 0 Å². The second kappa shape index (κ2) is 6.36. The van der Waals surface area contributed by atoms with Crippen LogP contribution in [-0.4, -0.2) is 28.3 Å². The number of Topliss-reactive ketones (excluding diaryl/α,β-unsaturated/α-hetero) is 1. The summed E-state index contributed by atoms with van der Waals surface area (Å²) in [5.74, 6) is -0.128. The number of pyridine rings is 1. The molecule has 2 aromatic rings. The van der Waals surface area contributed by atoms with Crippen LogP contribution in [0.25, 0.3) is 10.9 Å². The summed E-state index contributed by atoms with van der Waals surface area (Å²) in [6, 6.07) is 7.11. The summed E-state index contributed by atoms with van der Waals surface area (Å²) in [6.45, 7) is 2.09. The molecule has 5 heteroatoms. The van der Waals surface area contributed by atoms with E-state index in [1.165, 1.54) is 6.20 Å². The van der Waals surface area contributed by atoms with Crippen molar-refractivity contribution < 1.29 is 14.7 Å². The van der Waals surface area contributed by atoms with Gasteiger partial charge >= 0.3 is 0 Å². The molecule has 1 aliphatic rings. The van der Waals surface area contributed by atoms with E-state index < -0.39 is 5.91 Å². The van der Waals surface area contributed by atoms with Gasteiger partial charge in [0.05, 0.1) is 23.8 Å². The van der Waals surface area contributed by atoms with E-state index in [0.717, 1.165) is 19.3 Å². The molecule has 1 heterocycles. The SMILES string of the molecule is C[C@@H]1CCCC1C(=O)CNC(=O)c1c(O)cnc2ccccc12. The minimum Gasteiger partial charge on any atom is -0.505 e. The molecule has 5 nitrogen and oxygen atoms in total. The van der Waals surface area contributed by atoms with E-state index in [1.807, 2.05) is 6.07 Å². The number of nitrogens with zero attached hydrogens (tertiary/aromatic N) is 1. The van der Waals surface area contributed by atoms with Gasteiger partial charge in [0.2, 0.25) is 0 Å². The van der Waals surface area contributed by atoms with Gasteiger partial charge in [0.15, 0.2) is 5.78 Å². The predicted molar refractivity (Wildman–Crippen MR) is 87.3 cm³/mol. The van der Waals surface area contributed by atoms with Crippen LogP contribution >= 0.6 is 0 Å². The summed E-state index contributed by atoms with van der Waals surface area (Å²) in [7, 11) is 0. The number of carbonyl (C=O) groups is 2. The smallest absolute Gasteiger partial charge is 0.256 e. The minimum absolute atomic E-state index is 0.00390. The minimum atomic E-state index is -0.444. The van der Waals surface area contributed by atoms with E-state index in [9.17, 15) is 14.7 Å². The molecule has 1 aromatic carbocycles. The van der Waals surface area contributed by atoms with E-state index in [0.29, 0.717) is 16.8 Å². The zero-order valence-corrected chi connectivity index (χ0v) is 13.1. The molecule has 1 aliphatic carbocycles. The van der Waals surface area contributed by atoms with Crippen molar-refractivity contribution in [2.24, 2.45) is 11.8 Å². The third-order valence-electron chi connectivity index (χ3n) is 4.68. The van der Waals surface area contributed by atoms with Crippen molar-refractivity contribution in [2.45, 2.75) is 26.2 Å². The van der Waals surface area contributed by atoms with Crippen molar-refractivity contribution in [3.8, 4) is 5.75 Å². The molecule has 0 spiro atoms. The van der Waals surface area contributed by atoms with Crippen molar-refractivity contribution in [3.63, 3.8) is 0 Å². The van der Waals surface area contributed by atoms with Gasteiger partial charge in [-0.2, -0.15) is 0 Å². The maximum absolute atomic E-state index is 12.4. The van der Waals surface area contributed by atoms with Crippen LogP contribution in [0.2, 0.25) is 0 Å². The zero-order chi connectivity index (χ0) is 16.4. The molecule has 1 aromatic heterocycles. The number of benzene rings is 1. The summed E-state index contributed by atoms with van der Waals surface area (Å²) in [5, 5.41) is 13.2. The monoisotopic (exact) mass is 312 g/mol. The first-order chi connectivity index (χ1) is 11.1. The lowest BCUT2D eigenvalue weighted by Crippen LogP contribution is -2.33. The molecule has 1 fully saturated rings. The Morgan fingerprint density at radius 3 is 2.83 bits per heavy atom. The first-order valence-electron chi connectivity index (χ1n) is 7.95. The normalized spacial score (nSPS) is 20.6. The van der Waals surface area contributed by atoms with Crippen LogP contribution < -0.4 is 5.32 Å². The molecular weight excluding hydrogens is 292 g/mol. The Morgan fingerprint density at radius 1 is 1.30 bits per heavy atom. The van der Waals surface area contributed by atoms with Crippen LogP contribution in [-0.2, 0) is 4.79 Å². The van der Waals surface area contributed by atoms with E-state index in [1.54, 1.807) is 18.2 Å². The average molecular weight is 312 g/mol. The molecular formula is C18H20N2O3. The van der Waals surface area contributed by atoms with Gasteiger partial charge in [0, 0.05) is 11.3 Å². The van der Waals surface area contributed by atoms with Crippen LogP contribution in [0, 0.1) is 11.8 Å². The van der Waals surface area contributed by atoms with E-state index in [-0.39, 0.29) is 29.6 Å². The molecule has 1 saturated carbocycles. The molecule has 120 valence electrons.